The Hall–Kier alpha value is -6.20. The molecule has 784 valence electrons. The molecule has 21 unspecified atom stereocenters. The van der Waals surface area contributed by atoms with Gasteiger partial charge in [-0.1, -0.05) is 133 Å². The molecular formula is C113H194O23. The number of epoxide rings is 3. The first-order valence-corrected chi connectivity index (χ1v) is 52.7. The third-order valence-corrected chi connectivity index (χ3v) is 34.8. The fourth-order valence-corrected chi connectivity index (χ4v) is 19.2. The third kappa shape index (κ3) is 34.9. The molecule has 6 bridgehead atoms. The fraction of sp³-hybridized carbons (Fsp3) is 0.858. The van der Waals surface area contributed by atoms with Crippen LogP contribution in [0.2, 0.25) is 0 Å². The van der Waals surface area contributed by atoms with E-state index in [1.807, 2.05) is 145 Å². The normalized spacial score (nSPS) is 28.4. The molecule has 10 saturated carbocycles. The summed E-state index contributed by atoms with van der Waals surface area (Å²) >= 11 is 0. The number of hydrogen-bond acceptors (Lipinski definition) is 20. The van der Waals surface area contributed by atoms with Crippen molar-refractivity contribution in [2.24, 2.45) is 131 Å². The molecule has 10 aliphatic carbocycles. The van der Waals surface area contributed by atoms with Crippen LogP contribution in [0, 0.1) is 131 Å². The molecule has 13 aliphatic rings. The second kappa shape index (κ2) is 52.2. The molecule has 13 fully saturated rings. The molecule has 0 spiro atoms. The minimum absolute atomic E-state index is 0.00325. The maximum atomic E-state index is 12.2. The van der Waals surface area contributed by atoms with Crippen LogP contribution >= 0.6 is 0 Å². The minimum Gasteiger partial charge on any atom is -0.481 e. The maximum absolute atomic E-state index is 12.2. The van der Waals surface area contributed by atoms with Gasteiger partial charge in [-0.15, -0.1) is 0 Å². The Morgan fingerprint density at radius 2 is 0.632 bits per heavy atom. The van der Waals surface area contributed by atoms with Crippen molar-refractivity contribution in [1.29, 1.82) is 0 Å². The Bertz CT molecular complexity index is 3760. The highest BCUT2D eigenvalue weighted by atomic mass is 16.6. The summed E-state index contributed by atoms with van der Waals surface area (Å²) in [6.45, 7) is 65.7. The smallest absolute Gasteiger partial charge is 0.311 e. The Kier molecular flexibility index (Phi) is 46.8. The second-order valence-electron chi connectivity index (χ2n) is 48.6. The van der Waals surface area contributed by atoms with Crippen LogP contribution in [-0.2, 0) is 101 Å². The first kappa shape index (κ1) is 122. The van der Waals surface area contributed by atoms with Gasteiger partial charge in [-0.05, 0) is 387 Å². The highest BCUT2D eigenvalue weighted by Gasteiger charge is 2.67. The van der Waals surface area contributed by atoms with Crippen molar-refractivity contribution in [2.45, 2.75) is 456 Å². The number of hydrogen-bond donors (Lipinski definition) is 3. The van der Waals surface area contributed by atoms with E-state index in [1.54, 1.807) is 41.5 Å². The molecule has 3 heterocycles. The fourth-order valence-electron chi connectivity index (χ4n) is 19.2. The van der Waals surface area contributed by atoms with Gasteiger partial charge in [-0.25, -0.2) is 0 Å². The van der Waals surface area contributed by atoms with Crippen LogP contribution in [0.3, 0.4) is 0 Å². The number of methoxy groups -OCH3 is 2. The number of carboxylic acid groups (broad SMARTS) is 3. The number of esters is 7. The Balaban J connectivity index is 0.000000318. The number of carboxylic acids is 3. The zero-order valence-corrected chi connectivity index (χ0v) is 91.7. The van der Waals surface area contributed by atoms with Crippen molar-refractivity contribution in [3.63, 3.8) is 0 Å². The number of benzene rings is 1. The van der Waals surface area contributed by atoms with E-state index >= 15 is 0 Å². The van der Waals surface area contributed by atoms with Gasteiger partial charge >= 0.3 is 59.7 Å². The number of carbonyl (C=O) groups is 10. The molecule has 23 heteroatoms. The average Bonchev–Trinajstić information content (AvgIpc) is 1.54. The summed E-state index contributed by atoms with van der Waals surface area (Å²) < 4.78 is 53.3. The van der Waals surface area contributed by atoms with E-state index in [1.165, 1.54) is 90.4 Å². The lowest BCUT2D eigenvalue weighted by Gasteiger charge is -2.34. The van der Waals surface area contributed by atoms with Gasteiger partial charge in [0.1, 0.15) is 31.0 Å². The molecule has 14 rings (SSSR count). The van der Waals surface area contributed by atoms with Crippen LogP contribution in [0.5, 0.6) is 0 Å². The lowest BCUT2D eigenvalue weighted by molar-refractivity contribution is -0.165. The van der Waals surface area contributed by atoms with E-state index in [9.17, 15) is 47.9 Å². The summed E-state index contributed by atoms with van der Waals surface area (Å²) in [6, 6.07) is 10.7. The summed E-state index contributed by atoms with van der Waals surface area (Å²) in [4.78, 5) is 112. The predicted molar refractivity (Wildman–Crippen MR) is 535 cm³/mol. The van der Waals surface area contributed by atoms with Crippen molar-refractivity contribution >= 4 is 59.7 Å². The quantitative estimate of drug-likeness (QED) is 0.0381. The van der Waals surface area contributed by atoms with Crippen LogP contribution < -0.4 is 0 Å². The van der Waals surface area contributed by atoms with Crippen molar-refractivity contribution in [1.82, 2.24) is 0 Å². The van der Waals surface area contributed by atoms with E-state index < -0.39 is 34.2 Å². The SMILES string of the molecule is CCC(C)(C)C(=O)O.CCC(C)(C)C(=O)O.CCC(C)(C)C(=O)O.CCC(C)(C)C(=O)OC.CCC(C)(C)C(=O)OC.CCC(C)(C)C(=O)OC1CC2CC1C1CC3OC3C21.CCC(C)(C)C(=O)OC1CC2CC1C1CCCC21.CCC(C)(C)C(=O)OC1CC2CC1C1CCCC21.CCC(C)(C)C(=O)OCC1CCC2OC2C1.CCC(C)(C)C(=O)OCC1CO1.CCC(C)(C)c1ccccc1. The third-order valence-electron chi connectivity index (χ3n) is 34.8. The predicted octanol–water partition coefficient (Wildman–Crippen LogP) is 25.3. The van der Waals surface area contributed by atoms with Gasteiger partial charge in [-0.3, -0.25) is 47.9 Å². The van der Waals surface area contributed by atoms with Gasteiger partial charge in [0, 0.05) is 0 Å². The van der Waals surface area contributed by atoms with E-state index in [2.05, 4.69) is 81.3 Å². The Morgan fingerprint density at radius 3 is 0.941 bits per heavy atom. The van der Waals surface area contributed by atoms with Crippen molar-refractivity contribution in [3.05, 3.63) is 35.9 Å². The first-order valence-electron chi connectivity index (χ1n) is 52.7. The van der Waals surface area contributed by atoms with Gasteiger partial charge in [-0.2, -0.15) is 0 Å². The van der Waals surface area contributed by atoms with Gasteiger partial charge in [0.25, 0.3) is 0 Å². The summed E-state index contributed by atoms with van der Waals surface area (Å²) in [5.41, 5.74) is -2.12. The zero-order chi connectivity index (χ0) is 104. The molecule has 3 aliphatic heterocycles. The maximum Gasteiger partial charge on any atom is 0.311 e. The molecule has 0 aromatic heterocycles. The Labute approximate surface area is 823 Å². The molecule has 1 aromatic rings. The molecule has 3 saturated heterocycles. The average molecular weight is 1920 g/mol. The van der Waals surface area contributed by atoms with Gasteiger partial charge in [0.2, 0.25) is 0 Å². The number of ether oxygens (including phenoxy) is 10. The minimum atomic E-state index is -0.722. The zero-order valence-electron chi connectivity index (χ0n) is 91.7. The van der Waals surface area contributed by atoms with E-state index in [0.29, 0.717) is 86.0 Å². The number of aliphatic carboxylic acids is 3. The molecular weight excluding hydrogens is 1730 g/mol. The summed E-state index contributed by atoms with van der Waals surface area (Å²) in [7, 11) is 2.83. The number of rotatable bonds is 29. The molecule has 3 N–H and O–H groups in total. The lowest BCUT2D eigenvalue weighted by atomic mass is 9.79. The summed E-state index contributed by atoms with van der Waals surface area (Å²) in [5.74, 6) is 7.74. The standard InChI is InChI=1S/C16H24O3.2C16H26O2.C13H22O3.C11H16.C9H16O3.2C7H14O2.3C6H12O2/c1-4-16(2,3)15(17)19-11-6-8-5-9(11)10-7-12-14(18-12)13(8)10;2*1-4-16(2,3)15(17)18-14-9-10-8-13(14)12-7-5-6-11(10)12;1-4-13(2,3)12(14)15-8-9-5-6-10-11(7-9)16-10;1-4-11(2,3)10-8-6-5-7-9-10;1-4-9(2,3)8(10)12-6-7-5-11-7;2*1-5-7(2,3)6(8)9-4;3*1-4-6(2,3)5(7)8/h8-14H,4-7H2,1-3H3;2*10-14H,4-9H2,1-3H3;9-11H,4-8H2,1-3H3;5-9H,4H2,1-3H3;7H,4-6H2,1-3H3;2*5H2,1-4H3;3*4H2,1-3H3,(H,7,8). The second-order valence-corrected chi connectivity index (χ2v) is 48.6. The summed E-state index contributed by atoms with van der Waals surface area (Å²) in [6.07, 6.45) is 32.4. The molecule has 21 atom stereocenters. The highest BCUT2D eigenvalue weighted by Crippen LogP contribution is 2.66. The number of fused-ring (bicyclic) bond motifs is 18. The molecule has 1 aromatic carbocycles. The van der Waals surface area contributed by atoms with Crippen molar-refractivity contribution in [3.8, 4) is 0 Å². The largest absolute Gasteiger partial charge is 0.481 e. The molecule has 23 nitrogen and oxygen atoms in total. The lowest BCUT2D eigenvalue weighted by Crippen LogP contribution is -2.37. The van der Waals surface area contributed by atoms with Gasteiger partial charge in [0.15, 0.2) is 0 Å². The monoisotopic (exact) mass is 1920 g/mol. The number of carbonyl (C=O) groups excluding carboxylic acids is 7. The van der Waals surface area contributed by atoms with E-state index in [-0.39, 0.29) is 104 Å². The van der Waals surface area contributed by atoms with Crippen LogP contribution in [0.4, 0.5) is 0 Å². The van der Waals surface area contributed by atoms with Crippen LogP contribution in [-0.4, -0.2) is 158 Å². The molecule has 0 amide bonds. The highest BCUT2D eigenvalue weighted by molar-refractivity contribution is 5.79. The van der Waals surface area contributed by atoms with Crippen LogP contribution in [0.25, 0.3) is 0 Å². The summed E-state index contributed by atoms with van der Waals surface area (Å²) in [5, 5.41) is 25.3. The molecule has 136 heavy (non-hydrogen) atoms. The van der Waals surface area contributed by atoms with E-state index in [4.69, 9.17) is 53.2 Å². The van der Waals surface area contributed by atoms with Crippen molar-refractivity contribution < 1.29 is 111 Å². The van der Waals surface area contributed by atoms with Crippen LogP contribution in [0.1, 0.15) is 407 Å². The van der Waals surface area contributed by atoms with Gasteiger partial charge in [0.05, 0.1) is 106 Å². The first-order chi connectivity index (χ1) is 62.9. The topological polar surface area (TPSA) is 334 Å². The van der Waals surface area contributed by atoms with Crippen LogP contribution in [0.15, 0.2) is 30.3 Å². The Morgan fingerprint density at radius 1 is 0.316 bits per heavy atom. The van der Waals surface area contributed by atoms with Crippen molar-refractivity contribution in [2.75, 3.05) is 34.0 Å². The van der Waals surface area contributed by atoms with Gasteiger partial charge < -0.3 is 62.7 Å². The molecule has 0 radical (unpaired) electrons. The van der Waals surface area contributed by atoms with E-state index in [0.717, 1.165) is 143 Å².